The van der Waals surface area contributed by atoms with E-state index >= 15 is 0 Å². The fourth-order valence-electron chi connectivity index (χ4n) is 2.08. The van der Waals surface area contributed by atoms with Gasteiger partial charge in [0.25, 0.3) is 5.91 Å². The van der Waals surface area contributed by atoms with E-state index < -0.39 is 23.7 Å². The fraction of sp³-hybridized carbons (Fsp3) is 0.385. The molecule has 1 heterocycles. The third-order valence-corrected chi connectivity index (χ3v) is 4.37. The van der Waals surface area contributed by atoms with Crippen molar-refractivity contribution in [1.29, 1.82) is 0 Å². The quantitative estimate of drug-likeness (QED) is 0.922. The van der Waals surface area contributed by atoms with Crippen LogP contribution in [-0.4, -0.2) is 46.2 Å². The molecule has 0 bridgehead atoms. The summed E-state index contributed by atoms with van der Waals surface area (Å²) in [4.78, 5) is 24.7. The highest BCUT2D eigenvalue weighted by atomic mass is 32.2. The summed E-state index contributed by atoms with van der Waals surface area (Å²) in [6, 6.07) is 2.96. The molecule has 7 heteroatoms. The third kappa shape index (κ3) is 2.58. The van der Waals surface area contributed by atoms with Crippen LogP contribution >= 0.6 is 11.8 Å². The molecule has 0 aromatic heterocycles. The lowest BCUT2D eigenvalue weighted by molar-refractivity contribution is -0.141. The highest BCUT2D eigenvalue weighted by Gasteiger charge is 2.40. The van der Waals surface area contributed by atoms with Crippen molar-refractivity contribution in [2.75, 3.05) is 12.9 Å². The number of thioether (sulfide) groups is 1. The number of nitrogens with zero attached hydrogens (tertiary/aromatic N) is 1. The van der Waals surface area contributed by atoms with E-state index in [1.165, 1.54) is 35.9 Å². The molecule has 1 saturated heterocycles. The number of aliphatic carboxylic acids is 1. The van der Waals surface area contributed by atoms with Gasteiger partial charge in [-0.25, -0.2) is 9.18 Å². The van der Waals surface area contributed by atoms with Crippen LogP contribution in [-0.2, 0) is 4.79 Å². The Kier molecular flexibility index (Phi) is 4.17. The van der Waals surface area contributed by atoms with Gasteiger partial charge in [0, 0.05) is 11.8 Å². The first-order valence-corrected chi connectivity index (χ1v) is 7.01. The normalized spacial score (nSPS) is 21.9. The Morgan fingerprint density at radius 3 is 2.75 bits per heavy atom. The standard InChI is InChI=1S/C13H14FNO4S/c1-7-15(11(6-20-7)13(17)18)12(16)9-4-3-8(19-2)5-10(9)14/h3-5,7,11H,6H2,1-2H3,(H,17,18). The number of carboxylic acids is 1. The molecule has 1 aromatic rings. The minimum absolute atomic E-state index is 0.147. The predicted octanol–water partition coefficient (Wildman–Crippen LogP) is 1.82. The van der Waals surface area contributed by atoms with Gasteiger partial charge >= 0.3 is 5.97 Å². The number of carbonyl (C=O) groups is 2. The molecule has 2 unspecified atom stereocenters. The number of hydrogen-bond donors (Lipinski definition) is 1. The zero-order valence-corrected chi connectivity index (χ0v) is 11.8. The molecule has 0 saturated carbocycles. The number of benzene rings is 1. The summed E-state index contributed by atoms with van der Waals surface area (Å²) in [5.41, 5.74) is -0.147. The first-order valence-electron chi connectivity index (χ1n) is 5.96. The highest BCUT2D eigenvalue weighted by Crippen LogP contribution is 2.31. The molecule has 2 rings (SSSR count). The van der Waals surface area contributed by atoms with Crippen LogP contribution in [0.15, 0.2) is 18.2 Å². The van der Waals surface area contributed by atoms with E-state index in [0.29, 0.717) is 11.5 Å². The zero-order chi connectivity index (χ0) is 14.9. The lowest BCUT2D eigenvalue weighted by Gasteiger charge is -2.25. The summed E-state index contributed by atoms with van der Waals surface area (Å²) in [7, 11) is 1.40. The minimum atomic E-state index is -1.08. The molecule has 0 aliphatic carbocycles. The molecule has 1 fully saturated rings. The third-order valence-electron chi connectivity index (χ3n) is 3.15. The number of amides is 1. The van der Waals surface area contributed by atoms with Crippen molar-refractivity contribution in [2.45, 2.75) is 18.3 Å². The SMILES string of the molecule is COc1ccc(C(=O)N2C(C)SCC2C(=O)O)c(F)c1. The van der Waals surface area contributed by atoms with Gasteiger partial charge in [0.2, 0.25) is 0 Å². The van der Waals surface area contributed by atoms with Crippen LogP contribution in [0.5, 0.6) is 5.75 Å². The topological polar surface area (TPSA) is 66.8 Å². The summed E-state index contributed by atoms with van der Waals surface area (Å²) >= 11 is 1.36. The van der Waals surface area contributed by atoms with Crippen molar-refractivity contribution in [3.05, 3.63) is 29.6 Å². The molecular formula is C13H14FNO4S. The Bertz CT molecular complexity index is 551. The molecule has 1 aliphatic rings. The summed E-state index contributed by atoms with van der Waals surface area (Å²) < 4.78 is 18.8. The van der Waals surface area contributed by atoms with E-state index in [-0.39, 0.29) is 10.9 Å². The van der Waals surface area contributed by atoms with E-state index in [2.05, 4.69) is 0 Å². The van der Waals surface area contributed by atoms with Gasteiger partial charge in [-0.1, -0.05) is 0 Å². The molecule has 0 radical (unpaired) electrons. The average Bonchev–Trinajstić information content (AvgIpc) is 2.79. The molecule has 1 amide bonds. The van der Waals surface area contributed by atoms with Gasteiger partial charge in [-0.2, -0.15) is 0 Å². The Morgan fingerprint density at radius 1 is 1.50 bits per heavy atom. The van der Waals surface area contributed by atoms with Crippen molar-refractivity contribution < 1.29 is 23.8 Å². The molecule has 2 atom stereocenters. The maximum atomic E-state index is 13.9. The Balaban J connectivity index is 2.32. The van der Waals surface area contributed by atoms with Crippen molar-refractivity contribution in [3.63, 3.8) is 0 Å². The lowest BCUT2D eigenvalue weighted by Crippen LogP contribution is -2.45. The van der Waals surface area contributed by atoms with Gasteiger partial charge in [0.05, 0.1) is 18.0 Å². The Hall–Kier alpha value is -1.76. The van der Waals surface area contributed by atoms with Crippen molar-refractivity contribution in [2.24, 2.45) is 0 Å². The smallest absolute Gasteiger partial charge is 0.327 e. The molecule has 0 spiro atoms. The van der Waals surface area contributed by atoms with Crippen LogP contribution in [0.2, 0.25) is 0 Å². The van der Waals surface area contributed by atoms with Crippen LogP contribution in [0.3, 0.4) is 0 Å². The molecule has 5 nitrogen and oxygen atoms in total. The second-order valence-corrected chi connectivity index (χ2v) is 5.69. The van der Waals surface area contributed by atoms with Crippen LogP contribution in [0.4, 0.5) is 4.39 Å². The largest absolute Gasteiger partial charge is 0.497 e. The van der Waals surface area contributed by atoms with E-state index in [0.717, 1.165) is 6.07 Å². The predicted molar refractivity (Wildman–Crippen MR) is 72.5 cm³/mol. The number of carbonyl (C=O) groups excluding carboxylic acids is 1. The minimum Gasteiger partial charge on any atom is -0.497 e. The van der Waals surface area contributed by atoms with Crippen LogP contribution < -0.4 is 4.74 Å². The van der Waals surface area contributed by atoms with Gasteiger partial charge in [-0.15, -0.1) is 11.8 Å². The molecular weight excluding hydrogens is 285 g/mol. The molecule has 1 N–H and O–H groups in total. The summed E-state index contributed by atoms with van der Waals surface area (Å²) in [6.07, 6.45) is 0. The molecule has 20 heavy (non-hydrogen) atoms. The Morgan fingerprint density at radius 2 is 2.20 bits per heavy atom. The highest BCUT2D eigenvalue weighted by molar-refractivity contribution is 8.00. The maximum Gasteiger partial charge on any atom is 0.327 e. The van der Waals surface area contributed by atoms with Crippen molar-refractivity contribution >= 4 is 23.6 Å². The van der Waals surface area contributed by atoms with Gasteiger partial charge in [-0.3, -0.25) is 4.79 Å². The van der Waals surface area contributed by atoms with Crippen LogP contribution in [0, 0.1) is 5.82 Å². The van der Waals surface area contributed by atoms with Crippen molar-refractivity contribution in [3.8, 4) is 5.75 Å². The Labute approximate surface area is 119 Å². The summed E-state index contributed by atoms with van der Waals surface area (Å²) in [6.45, 7) is 1.73. The second-order valence-electron chi connectivity index (χ2n) is 4.34. The number of halogens is 1. The first kappa shape index (κ1) is 14.6. The lowest BCUT2D eigenvalue weighted by atomic mass is 10.1. The van der Waals surface area contributed by atoms with Crippen LogP contribution in [0.1, 0.15) is 17.3 Å². The second kappa shape index (κ2) is 5.70. The van der Waals surface area contributed by atoms with E-state index in [1.807, 2.05) is 0 Å². The molecule has 1 aromatic carbocycles. The summed E-state index contributed by atoms with van der Waals surface area (Å²) in [5.74, 6) is -1.81. The van der Waals surface area contributed by atoms with Gasteiger partial charge in [-0.05, 0) is 19.1 Å². The fourth-order valence-corrected chi connectivity index (χ4v) is 3.24. The monoisotopic (exact) mass is 299 g/mol. The van der Waals surface area contributed by atoms with Gasteiger partial charge in [0.15, 0.2) is 0 Å². The van der Waals surface area contributed by atoms with Crippen molar-refractivity contribution in [1.82, 2.24) is 4.90 Å². The summed E-state index contributed by atoms with van der Waals surface area (Å²) in [5, 5.41) is 8.83. The first-order chi connectivity index (χ1) is 9.45. The number of methoxy groups -OCH3 is 1. The van der Waals surface area contributed by atoms with Gasteiger partial charge < -0.3 is 14.7 Å². The maximum absolute atomic E-state index is 13.9. The number of rotatable bonds is 3. The van der Waals surface area contributed by atoms with E-state index in [1.54, 1.807) is 6.92 Å². The van der Waals surface area contributed by atoms with Gasteiger partial charge in [0.1, 0.15) is 17.6 Å². The molecule has 1 aliphatic heterocycles. The number of hydrogen-bond acceptors (Lipinski definition) is 4. The number of carboxylic acid groups (broad SMARTS) is 1. The zero-order valence-electron chi connectivity index (χ0n) is 11.0. The molecule has 108 valence electrons. The average molecular weight is 299 g/mol. The number of ether oxygens (including phenoxy) is 1. The van der Waals surface area contributed by atoms with E-state index in [9.17, 15) is 14.0 Å². The van der Waals surface area contributed by atoms with E-state index in [4.69, 9.17) is 9.84 Å². The van der Waals surface area contributed by atoms with Crippen LogP contribution in [0.25, 0.3) is 0 Å².